The molecule has 6 heteroatoms. The zero-order valence-corrected chi connectivity index (χ0v) is 12.4. The maximum absolute atomic E-state index is 13.5. The number of ether oxygens (including phenoxy) is 1. The van der Waals surface area contributed by atoms with Gasteiger partial charge in [-0.2, -0.15) is 5.26 Å². The van der Waals surface area contributed by atoms with Gasteiger partial charge < -0.3 is 10.1 Å². The Bertz CT molecular complexity index is 539. The summed E-state index contributed by atoms with van der Waals surface area (Å²) >= 11 is 1.48. The Balaban J connectivity index is 1.77. The third kappa shape index (κ3) is 5.03. The maximum atomic E-state index is 13.5. The number of carbonyl (C=O) groups excluding carboxylic acids is 1. The molecule has 1 aromatic rings. The van der Waals surface area contributed by atoms with Crippen LogP contribution < -0.4 is 5.32 Å². The van der Waals surface area contributed by atoms with E-state index in [9.17, 15) is 9.18 Å². The molecule has 21 heavy (non-hydrogen) atoms. The Morgan fingerprint density at radius 2 is 2.38 bits per heavy atom. The molecule has 1 N–H and O–H groups in total. The molecule has 1 atom stereocenters. The van der Waals surface area contributed by atoms with Gasteiger partial charge in [-0.15, -0.1) is 11.8 Å². The lowest BCUT2D eigenvalue weighted by Gasteiger charge is -2.21. The van der Waals surface area contributed by atoms with Gasteiger partial charge in [0.25, 0.3) is 0 Å². The Morgan fingerprint density at radius 3 is 3.10 bits per heavy atom. The molecule has 4 nitrogen and oxygen atoms in total. The number of nitrogens with one attached hydrogen (secondary N) is 1. The highest BCUT2D eigenvalue weighted by atomic mass is 32.2. The van der Waals surface area contributed by atoms with E-state index in [1.807, 2.05) is 6.07 Å². The smallest absolute Gasteiger partial charge is 0.234 e. The number of hydrogen-bond acceptors (Lipinski definition) is 4. The summed E-state index contributed by atoms with van der Waals surface area (Å²) in [5, 5.41) is 11.3. The Kier molecular flexibility index (Phi) is 6.03. The van der Waals surface area contributed by atoms with Crippen LogP contribution in [0.25, 0.3) is 0 Å². The summed E-state index contributed by atoms with van der Waals surface area (Å²) in [4.78, 5) is 11.8. The number of benzene rings is 1. The number of halogens is 1. The van der Waals surface area contributed by atoms with Gasteiger partial charge in [0.1, 0.15) is 5.82 Å². The number of nitriles is 1. The third-order valence-electron chi connectivity index (χ3n) is 3.18. The van der Waals surface area contributed by atoms with Crippen LogP contribution in [-0.4, -0.2) is 30.1 Å². The Labute approximate surface area is 127 Å². The summed E-state index contributed by atoms with van der Waals surface area (Å²) < 4.78 is 19.1. The van der Waals surface area contributed by atoms with Crippen LogP contribution in [0.3, 0.4) is 0 Å². The molecule has 0 spiro atoms. The highest BCUT2D eigenvalue weighted by Gasteiger charge is 2.15. The second-order valence-electron chi connectivity index (χ2n) is 4.86. The summed E-state index contributed by atoms with van der Waals surface area (Å²) in [6.07, 6.45) is 3.53. The lowest BCUT2D eigenvalue weighted by atomic mass is 10.1. The first kappa shape index (κ1) is 15.8. The molecule has 1 aliphatic heterocycles. The molecule has 0 saturated carbocycles. The minimum Gasteiger partial charge on any atom is -0.377 e. The third-order valence-corrected chi connectivity index (χ3v) is 4.25. The molecule has 0 aliphatic carbocycles. The number of amides is 1. The molecular weight excluding hydrogens is 291 g/mol. The molecule has 1 aliphatic rings. The van der Waals surface area contributed by atoms with Gasteiger partial charge in [-0.1, -0.05) is 0 Å². The first-order valence-corrected chi connectivity index (χ1v) is 8.03. The van der Waals surface area contributed by atoms with Gasteiger partial charge in [0.2, 0.25) is 5.91 Å². The quantitative estimate of drug-likeness (QED) is 0.908. The first-order chi connectivity index (χ1) is 10.2. The van der Waals surface area contributed by atoms with Crippen LogP contribution in [0.4, 0.5) is 10.1 Å². The van der Waals surface area contributed by atoms with Crippen LogP contribution in [0, 0.1) is 17.1 Å². The van der Waals surface area contributed by atoms with Crippen molar-refractivity contribution in [1.82, 2.24) is 0 Å². The van der Waals surface area contributed by atoms with Gasteiger partial charge in [0.05, 0.1) is 29.2 Å². The number of thioether (sulfide) groups is 1. The molecule has 112 valence electrons. The largest absolute Gasteiger partial charge is 0.377 e. The van der Waals surface area contributed by atoms with E-state index in [0.717, 1.165) is 25.2 Å². The topological polar surface area (TPSA) is 62.1 Å². The van der Waals surface area contributed by atoms with E-state index in [0.29, 0.717) is 5.56 Å². The second-order valence-corrected chi connectivity index (χ2v) is 5.89. The number of hydrogen-bond donors (Lipinski definition) is 1. The van der Waals surface area contributed by atoms with Crippen molar-refractivity contribution in [1.29, 1.82) is 5.26 Å². The Morgan fingerprint density at radius 1 is 1.52 bits per heavy atom. The summed E-state index contributed by atoms with van der Waals surface area (Å²) in [5.41, 5.74) is 0.364. The van der Waals surface area contributed by atoms with E-state index < -0.39 is 5.82 Å². The summed E-state index contributed by atoms with van der Waals surface area (Å²) in [6, 6.07) is 5.80. The minimum absolute atomic E-state index is 0.0496. The number of rotatable bonds is 5. The number of anilines is 1. The van der Waals surface area contributed by atoms with Crippen molar-refractivity contribution in [3.05, 3.63) is 29.6 Å². The van der Waals surface area contributed by atoms with E-state index in [1.165, 1.54) is 36.4 Å². The van der Waals surface area contributed by atoms with E-state index in [4.69, 9.17) is 10.00 Å². The van der Waals surface area contributed by atoms with Gasteiger partial charge in [0, 0.05) is 12.4 Å². The van der Waals surface area contributed by atoms with Crippen molar-refractivity contribution in [2.75, 3.05) is 23.4 Å². The predicted molar refractivity (Wildman–Crippen MR) is 80.7 cm³/mol. The second kappa shape index (κ2) is 8.01. The normalized spacial score (nSPS) is 18.0. The number of nitrogens with zero attached hydrogens (tertiary/aromatic N) is 1. The molecular formula is C15H17FN2O2S. The fourth-order valence-corrected chi connectivity index (χ4v) is 3.00. The first-order valence-electron chi connectivity index (χ1n) is 6.88. The SMILES string of the molecule is N#Cc1ccc(F)c(NC(=O)CSCC2CCCCO2)c1. The highest BCUT2D eigenvalue weighted by Crippen LogP contribution is 2.19. The fourth-order valence-electron chi connectivity index (χ4n) is 2.10. The van der Waals surface area contributed by atoms with Crippen molar-refractivity contribution in [3.8, 4) is 6.07 Å². The van der Waals surface area contributed by atoms with Gasteiger partial charge in [0.15, 0.2) is 0 Å². The molecule has 0 radical (unpaired) electrons. The van der Waals surface area contributed by atoms with Gasteiger partial charge in [-0.05, 0) is 37.5 Å². The lowest BCUT2D eigenvalue weighted by Crippen LogP contribution is -2.23. The molecule has 1 aromatic carbocycles. The van der Waals surface area contributed by atoms with Crippen LogP contribution in [-0.2, 0) is 9.53 Å². The van der Waals surface area contributed by atoms with Crippen LogP contribution >= 0.6 is 11.8 Å². The van der Waals surface area contributed by atoms with Gasteiger partial charge >= 0.3 is 0 Å². The van der Waals surface area contributed by atoms with Crippen LogP contribution in [0.2, 0.25) is 0 Å². The Hall–Kier alpha value is -1.58. The van der Waals surface area contributed by atoms with Crippen molar-refractivity contribution < 1.29 is 13.9 Å². The van der Waals surface area contributed by atoms with Crippen LogP contribution in [0.5, 0.6) is 0 Å². The van der Waals surface area contributed by atoms with E-state index in [1.54, 1.807) is 0 Å². The standard InChI is InChI=1S/C15H17FN2O2S/c16-13-5-4-11(8-17)7-14(13)18-15(19)10-21-9-12-3-1-2-6-20-12/h4-5,7,12H,1-3,6,9-10H2,(H,18,19). The molecule has 1 unspecified atom stereocenters. The molecule has 2 rings (SSSR count). The summed E-state index contributed by atoms with van der Waals surface area (Å²) in [7, 11) is 0. The van der Waals surface area contributed by atoms with Crippen molar-refractivity contribution in [2.24, 2.45) is 0 Å². The lowest BCUT2D eigenvalue weighted by molar-refractivity contribution is -0.113. The minimum atomic E-state index is -0.539. The average Bonchev–Trinajstić information content (AvgIpc) is 2.50. The molecule has 1 fully saturated rings. The maximum Gasteiger partial charge on any atom is 0.234 e. The highest BCUT2D eigenvalue weighted by molar-refractivity contribution is 8.00. The molecule has 1 heterocycles. The number of carbonyl (C=O) groups is 1. The van der Waals surface area contributed by atoms with E-state index in [-0.39, 0.29) is 23.5 Å². The molecule has 0 aromatic heterocycles. The molecule has 1 amide bonds. The zero-order valence-electron chi connectivity index (χ0n) is 11.6. The molecule has 0 bridgehead atoms. The van der Waals surface area contributed by atoms with E-state index in [2.05, 4.69) is 5.32 Å². The zero-order chi connectivity index (χ0) is 15.1. The predicted octanol–water partition coefficient (Wildman–Crippen LogP) is 2.94. The van der Waals surface area contributed by atoms with Crippen LogP contribution in [0.1, 0.15) is 24.8 Å². The summed E-state index contributed by atoms with van der Waals surface area (Å²) in [5.74, 6) is 0.206. The van der Waals surface area contributed by atoms with Crippen molar-refractivity contribution in [3.63, 3.8) is 0 Å². The van der Waals surface area contributed by atoms with Gasteiger partial charge in [-0.3, -0.25) is 4.79 Å². The monoisotopic (exact) mass is 308 g/mol. The van der Waals surface area contributed by atoms with Gasteiger partial charge in [-0.25, -0.2) is 4.39 Å². The average molecular weight is 308 g/mol. The molecule has 1 saturated heterocycles. The van der Waals surface area contributed by atoms with Crippen LogP contribution in [0.15, 0.2) is 18.2 Å². The van der Waals surface area contributed by atoms with Crippen molar-refractivity contribution >= 4 is 23.4 Å². The summed E-state index contributed by atoms with van der Waals surface area (Å²) in [6.45, 7) is 0.795. The van der Waals surface area contributed by atoms with Crippen molar-refractivity contribution in [2.45, 2.75) is 25.4 Å². The van der Waals surface area contributed by atoms with E-state index >= 15 is 0 Å². The fraction of sp³-hybridized carbons (Fsp3) is 0.467.